The maximum atomic E-state index is 5.43. The van der Waals surface area contributed by atoms with Gasteiger partial charge >= 0.3 is 0 Å². The lowest BCUT2D eigenvalue weighted by Gasteiger charge is -2.36. The molecule has 0 aliphatic carbocycles. The predicted molar refractivity (Wildman–Crippen MR) is 106 cm³/mol. The van der Waals surface area contributed by atoms with Crippen molar-refractivity contribution in [2.45, 2.75) is 12.5 Å². The molecule has 2 heterocycles. The van der Waals surface area contributed by atoms with E-state index < -0.39 is 0 Å². The maximum Gasteiger partial charge on any atom is 0.119 e. The summed E-state index contributed by atoms with van der Waals surface area (Å²) in [4.78, 5) is 6.71. The van der Waals surface area contributed by atoms with E-state index in [2.05, 4.69) is 70.6 Å². The smallest absolute Gasteiger partial charge is 0.119 e. The molecule has 0 bridgehead atoms. The van der Waals surface area contributed by atoms with E-state index in [-0.39, 0.29) is 6.04 Å². The number of para-hydroxylation sites is 1. The van der Waals surface area contributed by atoms with Crippen molar-refractivity contribution >= 4 is 11.8 Å². The third-order valence-corrected chi connectivity index (χ3v) is 4.84. The fourth-order valence-electron chi connectivity index (χ4n) is 3.51. The van der Waals surface area contributed by atoms with Gasteiger partial charge in [-0.05, 0) is 47.4 Å². The lowest BCUT2D eigenvalue weighted by atomic mass is 9.96. The van der Waals surface area contributed by atoms with E-state index in [0.717, 1.165) is 18.7 Å². The number of nitrogens with zero attached hydrogens (tertiary/aromatic N) is 2. The summed E-state index contributed by atoms with van der Waals surface area (Å²) < 4.78 is 5.43. The molecule has 3 nitrogen and oxygen atoms in total. The number of hydrogen-bond donors (Lipinski definition) is 0. The first kappa shape index (κ1) is 16.4. The second kappa shape index (κ2) is 7.44. The summed E-state index contributed by atoms with van der Waals surface area (Å²) in [5, 5.41) is 0. The van der Waals surface area contributed by atoms with Crippen LogP contribution in [0.4, 0.5) is 5.69 Å². The number of methoxy groups -OCH3 is 1. The highest BCUT2D eigenvalue weighted by atomic mass is 16.5. The molecule has 0 fully saturated rings. The Balaban J connectivity index is 1.67. The van der Waals surface area contributed by atoms with Crippen LogP contribution in [0.15, 0.2) is 79.1 Å². The molecule has 0 amide bonds. The Morgan fingerprint density at radius 3 is 2.81 bits per heavy atom. The van der Waals surface area contributed by atoms with Crippen molar-refractivity contribution in [3.63, 3.8) is 0 Å². The molecule has 130 valence electrons. The highest BCUT2D eigenvalue weighted by molar-refractivity contribution is 5.73. The standard InChI is InChI=1S/C23H22N2O/c1-26-21-9-4-8-20(16-21)23-12-11-19-7-2-3-10-22(19)25(23)15-13-18-6-5-14-24-17-18/h2-12,14,16-17,23H,13,15H2,1H3. The first-order valence-corrected chi connectivity index (χ1v) is 8.92. The summed E-state index contributed by atoms with van der Waals surface area (Å²) in [5.41, 5.74) is 5.02. The van der Waals surface area contributed by atoms with Gasteiger partial charge < -0.3 is 9.64 Å². The number of rotatable bonds is 5. The minimum absolute atomic E-state index is 0.191. The fourth-order valence-corrected chi connectivity index (χ4v) is 3.51. The minimum atomic E-state index is 0.191. The molecule has 0 saturated heterocycles. The number of pyridine rings is 1. The van der Waals surface area contributed by atoms with Gasteiger partial charge in [0.25, 0.3) is 0 Å². The zero-order valence-electron chi connectivity index (χ0n) is 14.9. The Labute approximate surface area is 154 Å². The van der Waals surface area contributed by atoms with E-state index in [1.165, 1.54) is 22.4 Å². The minimum Gasteiger partial charge on any atom is -0.497 e. The molecule has 1 atom stereocenters. The second-order valence-electron chi connectivity index (χ2n) is 6.44. The van der Waals surface area contributed by atoms with Crippen molar-refractivity contribution in [2.75, 3.05) is 18.6 Å². The van der Waals surface area contributed by atoms with Crippen molar-refractivity contribution < 1.29 is 4.74 Å². The van der Waals surface area contributed by atoms with Gasteiger partial charge in [0.05, 0.1) is 13.2 Å². The van der Waals surface area contributed by atoms with Gasteiger partial charge in [0.1, 0.15) is 5.75 Å². The van der Waals surface area contributed by atoms with Gasteiger partial charge in [0.15, 0.2) is 0 Å². The summed E-state index contributed by atoms with van der Waals surface area (Å²) in [6.45, 7) is 0.926. The third kappa shape index (κ3) is 3.33. The van der Waals surface area contributed by atoms with E-state index in [1.807, 2.05) is 24.5 Å². The average Bonchev–Trinajstić information content (AvgIpc) is 2.72. The highest BCUT2D eigenvalue weighted by Gasteiger charge is 2.23. The van der Waals surface area contributed by atoms with E-state index in [0.29, 0.717) is 0 Å². The summed E-state index contributed by atoms with van der Waals surface area (Å²) in [7, 11) is 1.71. The molecule has 0 saturated carbocycles. The van der Waals surface area contributed by atoms with E-state index in [9.17, 15) is 0 Å². The van der Waals surface area contributed by atoms with Crippen molar-refractivity contribution in [3.8, 4) is 5.75 Å². The quantitative estimate of drug-likeness (QED) is 0.659. The highest BCUT2D eigenvalue weighted by Crippen LogP contribution is 2.37. The summed E-state index contributed by atoms with van der Waals surface area (Å²) in [5.74, 6) is 0.891. The monoisotopic (exact) mass is 342 g/mol. The number of fused-ring (bicyclic) bond motifs is 1. The van der Waals surface area contributed by atoms with Crippen molar-refractivity contribution in [1.82, 2.24) is 4.98 Å². The predicted octanol–water partition coefficient (Wildman–Crippen LogP) is 4.91. The number of benzene rings is 2. The van der Waals surface area contributed by atoms with Gasteiger partial charge in [-0.2, -0.15) is 0 Å². The van der Waals surface area contributed by atoms with Crippen molar-refractivity contribution in [3.05, 3.63) is 95.8 Å². The number of anilines is 1. The topological polar surface area (TPSA) is 25.4 Å². The van der Waals surface area contributed by atoms with Crippen LogP contribution in [0.2, 0.25) is 0 Å². The number of aromatic nitrogens is 1. The van der Waals surface area contributed by atoms with Gasteiger partial charge in [-0.1, -0.05) is 48.6 Å². The Morgan fingerprint density at radius 1 is 1.04 bits per heavy atom. The van der Waals surface area contributed by atoms with Crippen molar-refractivity contribution in [1.29, 1.82) is 0 Å². The second-order valence-corrected chi connectivity index (χ2v) is 6.44. The zero-order valence-corrected chi connectivity index (χ0v) is 14.9. The van der Waals surface area contributed by atoms with Crippen LogP contribution in [0, 0.1) is 0 Å². The summed E-state index contributed by atoms with van der Waals surface area (Å²) in [6, 6.07) is 21.2. The first-order valence-electron chi connectivity index (χ1n) is 8.92. The van der Waals surface area contributed by atoms with Crippen LogP contribution in [0.3, 0.4) is 0 Å². The first-order chi connectivity index (χ1) is 12.8. The molecule has 0 radical (unpaired) electrons. The van der Waals surface area contributed by atoms with Crippen LogP contribution < -0.4 is 9.64 Å². The van der Waals surface area contributed by atoms with Gasteiger partial charge in [0.2, 0.25) is 0 Å². The molecule has 26 heavy (non-hydrogen) atoms. The molecule has 3 aromatic rings. The molecule has 2 aromatic carbocycles. The zero-order chi connectivity index (χ0) is 17.8. The SMILES string of the molecule is COc1cccc(C2C=Cc3ccccc3N2CCc2cccnc2)c1. The van der Waals surface area contributed by atoms with Crippen LogP contribution in [0.1, 0.15) is 22.7 Å². The molecular formula is C23H22N2O. The van der Waals surface area contributed by atoms with Crippen molar-refractivity contribution in [2.24, 2.45) is 0 Å². The van der Waals surface area contributed by atoms with E-state index in [1.54, 1.807) is 7.11 Å². The largest absolute Gasteiger partial charge is 0.497 e. The Kier molecular flexibility index (Phi) is 4.69. The van der Waals surface area contributed by atoms with E-state index >= 15 is 0 Å². The van der Waals surface area contributed by atoms with Crippen LogP contribution in [0.25, 0.3) is 6.08 Å². The normalized spacial score (nSPS) is 15.6. The molecule has 0 N–H and O–H groups in total. The lowest BCUT2D eigenvalue weighted by molar-refractivity contribution is 0.414. The Bertz CT molecular complexity index is 905. The molecule has 1 aliphatic rings. The molecule has 3 heteroatoms. The van der Waals surface area contributed by atoms with Crippen LogP contribution in [-0.4, -0.2) is 18.6 Å². The maximum absolute atomic E-state index is 5.43. The number of ether oxygens (including phenoxy) is 1. The molecular weight excluding hydrogens is 320 g/mol. The molecule has 1 aromatic heterocycles. The molecule has 0 spiro atoms. The number of hydrogen-bond acceptors (Lipinski definition) is 3. The summed E-state index contributed by atoms with van der Waals surface area (Å²) >= 11 is 0. The summed E-state index contributed by atoms with van der Waals surface area (Å²) in [6.07, 6.45) is 9.23. The Morgan fingerprint density at radius 2 is 1.96 bits per heavy atom. The van der Waals surface area contributed by atoms with Crippen LogP contribution in [0.5, 0.6) is 5.75 Å². The van der Waals surface area contributed by atoms with Gasteiger partial charge in [-0.15, -0.1) is 0 Å². The van der Waals surface area contributed by atoms with Gasteiger partial charge in [0, 0.05) is 24.6 Å². The van der Waals surface area contributed by atoms with Gasteiger partial charge in [-0.3, -0.25) is 4.98 Å². The fraction of sp³-hybridized carbons (Fsp3) is 0.174. The lowest BCUT2D eigenvalue weighted by Crippen LogP contribution is -2.32. The molecule has 1 unspecified atom stereocenters. The van der Waals surface area contributed by atoms with Crippen LogP contribution >= 0.6 is 0 Å². The molecule has 4 rings (SSSR count). The Hall–Kier alpha value is -3.07. The van der Waals surface area contributed by atoms with E-state index in [4.69, 9.17) is 4.74 Å². The van der Waals surface area contributed by atoms with Gasteiger partial charge in [-0.25, -0.2) is 0 Å². The average molecular weight is 342 g/mol. The molecule has 1 aliphatic heterocycles. The van der Waals surface area contributed by atoms with Crippen LogP contribution in [-0.2, 0) is 6.42 Å². The third-order valence-electron chi connectivity index (χ3n) is 4.84.